The Morgan fingerprint density at radius 1 is 1.50 bits per heavy atom. The third-order valence-electron chi connectivity index (χ3n) is 3.21. The molecule has 0 radical (unpaired) electrons. The van der Waals surface area contributed by atoms with E-state index in [9.17, 15) is 4.79 Å². The SMILES string of the molecule is CN(C(=O)c1cccc(I)c1)[C@H]1CCCNC1.Cl. The maximum atomic E-state index is 12.3. The molecule has 2 rings (SSSR count). The summed E-state index contributed by atoms with van der Waals surface area (Å²) >= 11 is 2.23. The molecule has 1 aliphatic rings. The molecule has 1 aliphatic heterocycles. The highest BCUT2D eigenvalue weighted by atomic mass is 127. The van der Waals surface area contributed by atoms with Crippen molar-refractivity contribution in [3.63, 3.8) is 0 Å². The molecule has 1 fully saturated rings. The van der Waals surface area contributed by atoms with E-state index < -0.39 is 0 Å². The first kappa shape index (κ1) is 15.7. The lowest BCUT2D eigenvalue weighted by molar-refractivity contribution is 0.0708. The minimum atomic E-state index is 0. The molecule has 100 valence electrons. The highest BCUT2D eigenvalue weighted by Gasteiger charge is 2.22. The summed E-state index contributed by atoms with van der Waals surface area (Å²) in [4.78, 5) is 14.2. The Balaban J connectivity index is 0.00000162. The topological polar surface area (TPSA) is 32.3 Å². The standard InChI is InChI=1S/C13H17IN2O.ClH/c1-16(12-6-3-7-15-9-12)13(17)10-4-2-5-11(14)8-10;/h2,4-5,8,12,15H,3,6-7,9H2,1H3;1H/t12-;/m0./s1. The molecule has 0 aliphatic carbocycles. The second-order valence-corrected chi connectivity index (χ2v) is 5.67. The lowest BCUT2D eigenvalue weighted by Gasteiger charge is -2.31. The lowest BCUT2D eigenvalue weighted by atomic mass is 10.1. The van der Waals surface area contributed by atoms with E-state index in [1.165, 1.54) is 0 Å². The third kappa shape index (κ3) is 3.83. The van der Waals surface area contributed by atoms with Gasteiger partial charge >= 0.3 is 0 Å². The van der Waals surface area contributed by atoms with Gasteiger partial charge in [0.25, 0.3) is 5.91 Å². The molecule has 1 aromatic carbocycles. The highest BCUT2D eigenvalue weighted by molar-refractivity contribution is 14.1. The minimum Gasteiger partial charge on any atom is -0.337 e. The van der Waals surface area contributed by atoms with Crippen LogP contribution in [0.15, 0.2) is 24.3 Å². The smallest absolute Gasteiger partial charge is 0.253 e. The van der Waals surface area contributed by atoms with E-state index in [1.807, 2.05) is 36.2 Å². The van der Waals surface area contributed by atoms with Crippen LogP contribution in [0, 0.1) is 3.57 Å². The Labute approximate surface area is 128 Å². The van der Waals surface area contributed by atoms with Crippen molar-refractivity contribution in [1.29, 1.82) is 0 Å². The summed E-state index contributed by atoms with van der Waals surface area (Å²) in [6.45, 7) is 1.98. The fraction of sp³-hybridized carbons (Fsp3) is 0.462. The zero-order valence-electron chi connectivity index (χ0n) is 10.4. The van der Waals surface area contributed by atoms with Crippen LogP contribution < -0.4 is 5.32 Å². The first-order valence-electron chi connectivity index (χ1n) is 5.92. The summed E-state index contributed by atoms with van der Waals surface area (Å²) in [6.07, 6.45) is 2.24. The van der Waals surface area contributed by atoms with Gasteiger partial charge in [0.1, 0.15) is 0 Å². The first-order chi connectivity index (χ1) is 8.18. The number of benzene rings is 1. The molecule has 1 saturated heterocycles. The molecule has 0 saturated carbocycles. The van der Waals surface area contributed by atoms with Gasteiger partial charge in [0.2, 0.25) is 0 Å². The second kappa shape index (κ2) is 7.31. The molecule has 1 amide bonds. The van der Waals surface area contributed by atoms with Crippen LogP contribution in [0.3, 0.4) is 0 Å². The molecule has 3 nitrogen and oxygen atoms in total. The van der Waals surface area contributed by atoms with Gasteiger partial charge in [0.05, 0.1) is 0 Å². The summed E-state index contributed by atoms with van der Waals surface area (Å²) in [5.41, 5.74) is 0.782. The van der Waals surface area contributed by atoms with Gasteiger partial charge in [-0.25, -0.2) is 0 Å². The van der Waals surface area contributed by atoms with E-state index in [1.54, 1.807) is 0 Å². The van der Waals surface area contributed by atoms with Gasteiger partial charge in [0, 0.05) is 28.8 Å². The Morgan fingerprint density at radius 3 is 2.89 bits per heavy atom. The number of piperidine rings is 1. The van der Waals surface area contributed by atoms with Crippen LogP contribution in [0.25, 0.3) is 0 Å². The van der Waals surface area contributed by atoms with Crippen molar-refractivity contribution in [2.75, 3.05) is 20.1 Å². The lowest BCUT2D eigenvalue weighted by Crippen LogP contribution is -2.46. The monoisotopic (exact) mass is 380 g/mol. The number of rotatable bonds is 2. The predicted molar refractivity (Wildman–Crippen MR) is 84.4 cm³/mol. The van der Waals surface area contributed by atoms with Crippen LogP contribution in [0.1, 0.15) is 23.2 Å². The zero-order valence-corrected chi connectivity index (χ0v) is 13.3. The first-order valence-corrected chi connectivity index (χ1v) is 7.00. The van der Waals surface area contributed by atoms with Crippen molar-refractivity contribution in [3.8, 4) is 0 Å². The number of nitrogens with zero attached hydrogens (tertiary/aromatic N) is 1. The number of amides is 1. The van der Waals surface area contributed by atoms with E-state index in [0.717, 1.165) is 35.1 Å². The number of carbonyl (C=O) groups is 1. The minimum absolute atomic E-state index is 0. The second-order valence-electron chi connectivity index (χ2n) is 4.43. The Bertz CT molecular complexity index is 408. The Hall–Kier alpha value is -0.330. The van der Waals surface area contributed by atoms with E-state index in [-0.39, 0.29) is 18.3 Å². The molecule has 5 heteroatoms. The summed E-state index contributed by atoms with van der Waals surface area (Å²) in [7, 11) is 1.90. The molecule has 0 spiro atoms. The van der Waals surface area contributed by atoms with Gasteiger partial charge in [-0.1, -0.05) is 6.07 Å². The van der Waals surface area contributed by atoms with Crippen LogP contribution in [0.2, 0.25) is 0 Å². The molecule has 0 aromatic heterocycles. The van der Waals surface area contributed by atoms with Crippen LogP contribution in [-0.4, -0.2) is 37.0 Å². The molecule has 0 unspecified atom stereocenters. The van der Waals surface area contributed by atoms with Crippen LogP contribution in [0.5, 0.6) is 0 Å². The van der Waals surface area contributed by atoms with Crippen molar-refractivity contribution in [1.82, 2.24) is 10.2 Å². The summed E-state index contributed by atoms with van der Waals surface area (Å²) < 4.78 is 1.10. The quantitative estimate of drug-likeness (QED) is 0.800. The maximum absolute atomic E-state index is 12.3. The van der Waals surface area contributed by atoms with Crippen molar-refractivity contribution in [2.45, 2.75) is 18.9 Å². The van der Waals surface area contributed by atoms with E-state index in [4.69, 9.17) is 0 Å². The molecule has 0 bridgehead atoms. The van der Waals surface area contributed by atoms with E-state index in [0.29, 0.717) is 6.04 Å². The van der Waals surface area contributed by atoms with Gasteiger partial charge in [-0.3, -0.25) is 4.79 Å². The van der Waals surface area contributed by atoms with Crippen molar-refractivity contribution >= 4 is 40.9 Å². The normalized spacial score (nSPS) is 18.9. The van der Waals surface area contributed by atoms with E-state index >= 15 is 0 Å². The molecular weight excluding hydrogens is 363 g/mol. The molecule has 1 heterocycles. The average Bonchev–Trinajstić information content (AvgIpc) is 2.38. The fourth-order valence-corrected chi connectivity index (χ4v) is 2.70. The summed E-state index contributed by atoms with van der Waals surface area (Å²) in [6, 6.07) is 8.09. The Kier molecular flexibility index (Phi) is 6.38. The number of nitrogens with one attached hydrogen (secondary N) is 1. The van der Waals surface area contributed by atoms with Gasteiger partial charge in [0.15, 0.2) is 0 Å². The van der Waals surface area contributed by atoms with Crippen molar-refractivity contribution in [2.24, 2.45) is 0 Å². The number of likely N-dealkylation sites (N-methyl/N-ethyl adjacent to an activating group) is 1. The number of hydrogen-bond donors (Lipinski definition) is 1. The zero-order chi connectivity index (χ0) is 12.3. The fourth-order valence-electron chi connectivity index (χ4n) is 2.15. The summed E-state index contributed by atoms with van der Waals surface area (Å²) in [5.74, 6) is 0.122. The van der Waals surface area contributed by atoms with Crippen molar-refractivity contribution in [3.05, 3.63) is 33.4 Å². The summed E-state index contributed by atoms with van der Waals surface area (Å²) in [5, 5.41) is 3.34. The third-order valence-corrected chi connectivity index (χ3v) is 3.88. The number of halogens is 2. The van der Waals surface area contributed by atoms with E-state index in [2.05, 4.69) is 27.9 Å². The van der Waals surface area contributed by atoms with Gasteiger partial charge < -0.3 is 10.2 Å². The maximum Gasteiger partial charge on any atom is 0.253 e. The predicted octanol–water partition coefficient (Wildman–Crippen LogP) is 2.54. The van der Waals surface area contributed by atoms with Crippen molar-refractivity contribution < 1.29 is 4.79 Å². The van der Waals surface area contributed by atoms with Crippen LogP contribution >= 0.6 is 35.0 Å². The number of hydrogen-bond acceptors (Lipinski definition) is 2. The van der Waals surface area contributed by atoms with Crippen LogP contribution in [0.4, 0.5) is 0 Å². The van der Waals surface area contributed by atoms with Gasteiger partial charge in [-0.05, 0) is 60.2 Å². The average molecular weight is 381 g/mol. The van der Waals surface area contributed by atoms with Gasteiger partial charge in [-0.15, -0.1) is 12.4 Å². The molecule has 1 N–H and O–H groups in total. The largest absolute Gasteiger partial charge is 0.337 e. The molecule has 1 atom stereocenters. The highest BCUT2D eigenvalue weighted by Crippen LogP contribution is 2.14. The molecule has 1 aromatic rings. The Morgan fingerprint density at radius 2 is 2.28 bits per heavy atom. The number of carbonyl (C=O) groups excluding carboxylic acids is 1. The van der Waals surface area contributed by atoms with Crippen LogP contribution in [-0.2, 0) is 0 Å². The van der Waals surface area contributed by atoms with Gasteiger partial charge in [-0.2, -0.15) is 0 Å². The molecular formula is C13H18ClIN2O. The molecule has 18 heavy (non-hydrogen) atoms.